The van der Waals surface area contributed by atoms with Gasteiger partial charge in [0.15, 0.2) is 12.4 Å². The molecule has 0 heterocycles. The second kappa shape index (κ2) is 9.14. The van der Waals surface area contributed by atoms with Crippen molar-refractivity contribution < 1.29 is 19.6 Å². The molecule has 136 valence electrons. The molecule has 0 bridgehead atoms. The van der Waals surface area contributed by atoms with Gasteiger partial charge in [-0.3, -0.25) is 14.9 Å². The van der Waals surface area contributed by atoms with E-state index in [-0.39, 0.29) is 22.2 Å². The van der Waals surface area contributed by atoms with Crippen molar-refractivity contribution in [3.05, 3.63) is 59.1 Å². The summed E-state index contributed by atoms with van der Waals surface area (Å²) in [7, 11) is 0. The van der Waals surface area contributed by atoms with Crippen LogP contribution in [0.15, 0.2) is 39.9 Å². The fourth-order valence-electron chi connectivity index (χ4n) is 1.79. The lowest BCUT2D eigenvalue weighted by Crippen LogP contribution is -2.24. The third-order valence-corrected chi connectivity index (χ3v) is 4.44. The van der Waals surface area contributed by atoms with Gasteiger partial charge in [0.2, 0.25) is 0 Å². The predicted molar refractivity (Wildman–Crippen MR) is 108 cm³/mol. The smallest absolute Gasteiger partial charge is 0.312 e. The first-order valence-corrected chi connectivity index (χ1v) is 9.09. The van der Waals surface area contributed by atoms with Gasteiger partial charge in [0.1, 0.15) is 5.75 Å². The molecule has 0 atom stereocenters. The number of carbonyl (C=O) groups is 1. The van der Waals surface area contributed by atoms with Gasteiger partial charge in [-0.15, -0.1) is 0 Å². The van der Waals surface area contributed by atoms with E-state index in [0.29, 0.717) is 9.13 Å². The highest BCUT2D eigenvalue weighted by Gasteiger charge is 2.16. The number of hydrogen-bond acceptors (Lipinski definition) is 6. The van der Waals surface area contributed by atoms with Gasteiger partial charge < -0.3 is 9.84 Å². The maximum Gasteiger partial charge on any atom is 0.312 e. The van der Waals surface area contributed by atoms with Crippen LogP contribution < -0.4 is 10.2 Å². The summed E-state index contributed by atoms with van der Waals surface area (Å²) in [6.45, 7) is -0.484. The molecule has 2 aromatic carbocycles. The van der Waals surface area contributed by atoms with Gasteiger partial charge in [0, 0.05) is 21.1 Å². The van der Waals surface area contributed by atoms with Crippen molar-refractivity contribution in [1.82, 2.24) is 5.43 Å². The lowest BCUT2D eigenvalue weighted by Gasteiger charge is -2.06. The third kappa shape index (κ3) is 5.54. The molecule has 8 nitrogen and oxygen atoms in total. The monoisotopic (exact) mass is 553 g/mol. The standard InChI is InChI=1S/C15H10BrClIN3O5/c16-9-3-8(15(23)11(18)4-9)6-19-20-14(22)7-26-13-2-1-10(17)5-12(13)21(24)25/h1-6,23H,7H2,(H,20,22)/b19-6+. The largest absolute Gasteiger partial charge is 0.506 e. The van der Waals surface area contributed by atoms with Crippen LogP contribution in [0, 0.1) is 13.7 Å². The van der Waals surface area contributed by atoms with Crippen molar-refractivity contribution in [2.75, 3.05) is 6.61 Å². The Labute approximate surface area is 174 Å². The number of hydrazone groups is 1. The van der Waals surface area contributed by atoms with Crippen LogP contribution in [0.1, 0.15) is 5.56 Å². The fourth-order valence-corrected chi connectivity index (χ4v) is 3.51. The van der Waals surface area contributed by atoms with E-state index < -0.39 is 17.4 Å². The highest BCUT2D eigenvalue weighted by Crippen LogP contribution is 2.30. The SMILES string of the molecule is O=C(COc1ccc(Cl)cc1[N+](=O)[O-])N/N=C/c1cc(Br)cc(I)c1O. The van der Waals surface area contributed by atoms with Gasteiger partial charge in [0.05, 0.1) is 14.7 Å². The number of nitro groups is 1. The molecule has 0 unspecified atom stereocenters. The molecule has 2 aromatic rings. The minimum atomic E-state index is -0.658. The number of nitrogens with one attached hydrogen (secondary N) is 1. The van der Waals surface area contributed by atoms with Crippen molar-refractivity contribution in [1.29, 1.82) is 0 Å². The van der Waals surface area contributed by atoms with Crippen molar-refractivity contribution in [3.63, 3.8) is 0 Å². The molecule has 0 aliphatic heterocycles. The minimum Gasteiger partial charge on any atom is -0.506 e. The lowest BCUT2D eigenvalue weighted by molar-refractivity contribution is -0.385. The minimum absolute atomic E-state index is 0.0276. The molecule has 26 heavy (non-hydrogen) atoms. The number of phenolic OH excluding ortho intramolecular Hbond substituents is 1. The molecule has 0 fully saturated rings. The lowest BCUT2D eigenvalue weighted by atomic mass is 10.2. The van der Waals surface area contributed by atoms with Crippen LogP contribution in [0.25, 0.3) is 0 Å². The molecule has 0 aliphatic carbocycles. The summed E-state index contributed by atoms with van der Waals surface area (Å²) in [5, 5.41) is 24.8. The van der Waals surface area contributed by atoms with Crippen molar-refractivity contribution in [2.45, 2.75) is 0 Å². The summed E-state index contributed by atoms with van der Waals surface area (Å²) in [6, 6.07) is 7.19. The molecule has 11 heteroatoms. The van der Waals surface area contributed by atoms with E-state index in [9.17, 15) is 20.0 Å². The van der Waals surface area contributed by atoms with Crippen LogP contribution in [0.5, 0.6) is 11.5 Å². The highest BCUT2D eigenvalue weighted by molar-refractivity contribution is 14.1. The van der Waals surface area contributed by atoms with Gasteiger partial charge in [0.25, 0.3) is 5.91 Å². The van der Waals surface area contributed by atoms with Crippen LogP contribution in [0.2, 0.25) is 5.02 Å². The Balaban J connectivity index is 1.97. The average molecular weight is 555 g/mol. The number of hydrogen-bond donors (Lipinski definition) is 2. The van der Waals surface area contributed by atoms with E-state index in [1.807, 2.05) is 22.6 Å². The summed E-state index contributed by atoms with van der Waals surface area (Å²) in [5.41, 5.74) is 2.26. The molecule has 0 spiro atoms. The van der Waals surface area contributed by atoms with Gasteiger partial charge >= 0.3 is 5.69 Å². The number of halogens is 3. The number of nitro benzene ring substituents is 1. The van der Waals surface area contributed by atoms with Crippen molar-refractivity contribution in [3.8, 4) is 11.5 Å². The number of amides is 1. The summed E-state index contributed by atoms with van der Waals surface area (Å²) in [4.78, 5) is 22.0. The predicted octanol–water partition coefficient (Wildman–Crippen LogP) is 3.85. The van der Waals surface area contributed by atoms with Crippen LogP contribution in [0.3, 0.4) is 0 Å². The normalized spacial score (nSPS) is 10.7. The Morgan fingerprint density at radius 2 is 2.19 bits per heavy atom. The van der Waals surface area contributed by atoms with Gasteiger partial charge in [-0.2, -0.15) is 5.10 Å². The first-order chi connectivity index (χ1) is 12.3. The summed E-state index contributed by atoms with van der Waals surface area (Å²) >= 11 is 11.0. The van der Waals surface area contributed by atoms with E-state index in [1.54, 1.807) is 12.1 Å². The van der Waals surface area contributed by atoms with E-state index in [0.717, 1.165) is 10.5 Å². The Hall–Kier alpha value is -1.92. The summed E-state index contributed by atoms with van der Waals surface area (Å²) in [5.74, 6) is -0.688. The second-order valence-electron chi connectivity index (χ2n) is 4.78. The maximum absolute atomic E-state index is 11.8. The molecule has 2 N–H and O–H groups in total. The van der Waals surface area contributed by atoms with Crippen molar-refractivity contribution >= 4 is 67.9 Å². The van der Waals surface area contributed by atoms with E-state index in [4.69, 9.17) is 16.3 Å². The highest BCUT2D eigenvalue weighted by atomic mass is 127. The fraction of sp³-hybridized carbons (Fsp3) is 0.0667. The summed E-state index contributed by atoms with van der Waals surface area (Å²) < 4.78 is 6.49. The molecule has 2 rings (SSSR count). The maximum atomic E-state index is 11.8. The molecule has 1 amide bonds. The molecular weight excluding hydrogens is 544 g/mol. The number of nitrogens with zero attached hydrogens (tertiary/aromatic N) is 2. The second-order valence-corrected chi connectivity index (χ2v) is 7.29. The quantitative estimate of drug-likeness (QED) is 0.244. The molecule has 0 aliphatic rings. The van der Waals surface area contributed by atoms with E-state index in [2.05, 4.69) is 26.5 Å². The van der Waals surface area contributed by atoms with E-state index >= 15 is 0 Å². The Bertz CT molecular complexity index is 894. The number of aromatic hydroxyl groups is 1. The zero-order chi connectivity index (χ0) is 19.3. The zero-order valence-electron chi connectivity index (χ0n) is 12.8. The number of phenols is 1. The number of benzene rings is 2. The molecule has 0 saturated carbocycles. The van der Waals surface area contributed by atoms with Crippen LogP contribution >= 0.6 is 50.1 Å². The number of ether oxygens (including phenoxy) is 1. The number of carbonyl (C=O) groups excluding carboxylic acids is 1. The molecule has 0 aromatic heterocycles. The summed E-state index contributed by atoms with van der Waals surface area (Å²) in [6.07, 6.45) is 1.27. The molecular formula is C15H10BrClIN3O5. The first-order valence-electron chi connectivity index (χ1n) is 6.84. The number of rotatable bonds is 6. The van der Waals surface area contributed by atoms with E-state index in [1.165, 1.54) is 18.3 Å². The van der Waals surface area contributed by atoms with Crippen molar-refractivity contribution in [2.24, 2.45) is 5.10 Å². The molecule has 0 saturated heterocycles. The van der Waals surface area contributed by atoms with Crippen LogP contribution in [-0.4, -0.2) is 28.8 Å². The average Bonchev–Trinajstić information content (AvgIpc) is 2.57. The Morgan fingerprint density at radius 1 is 1.46 bits per heavy atom. The zero-order valence-corrected chi connectivity index (χ0v) is 17.3. The van der Waals surface area contributed by atoms with Gasteiger partial charge in [-0.1, -0.05) is 27.5 Å². The van der Waals surface area contributed by atoms with Crippen LogP contribution in [-0.2, 0) is 4.79 Å². The topological polar surface area (TPSA) is 114 Å². The van der Waals surface area contributed by atoms with Gasteiger partial charge in [-0.05, 0) is 46.9 Å². The first kappa shape index (κ1) is 20.4. The molecule has 0 radical (unpaired) electrons. The Kier molecular flexibility index (Phi) is 7.17. The third-order valence-electron chi connectivity index (χ3n) is 2.93. The van der Waals surface area contributed by atoms with Gasteiger partial charge in [-0.25, -0.2) is 5.43 Å². The Morgan fingerprint density at radius 3 is 2.88 bits per heavy atom. The van der Waals surface area contributed by atoms with Crippen LogP contribution in [0.4, 0.5) is 5.69 Å².